The molecule has 4 aromatic rings. The van der Waals surface area contributed by atoms with Gasteiger partial charge in [-0.15, -0.1) is 0 Å². The van der Waals surface area contributed by atoms with Crippen LogP contribution in [0.1, 0.15) is 11.1 Å². The highest BCUT2D eigenvalue weighted by molar-refractivity contribution is 6.06. The number of aryl methyl sites for hydroxylation is 2. The highest BCUT2D eigenvalue weighted by Gasteiger charge is 2.14. The van der Waals surface area contributed by atoms with Gasteiger partial charge < -0.3 is 5.11 Å². The Morgan fingerprint density at radius 1 is 0.600 bits per heavy atom. The summed E-state index contributed by atoms with van der Waals surface area (Å²) < 4.78 is 0. The molecule has 0 aliphatic heterocycles. The maximum absolute atomic E-state index is 10.6. The Balaban J connectivity index is 2.09. The second kappa shape index (κ2) is 6.10. The maximum Gasteiger partial charge on any atom is 0.124 e. The number of phenolic OH excluding ortho intramolecular Hbond substituents is 1. The van der Waals surface area contributed by atoms with Crippen molar-refractivity contribution in [2.75, 3.05) is 0 Å². The van der Waals surface area contributed by atoms with Gasteiger partial charge in [0.05, 0.1) is 0 Å². The van der Waals surface area contributed by atoms with Gasteiger partial charge in [0.15, 0.2) is 0 Å². The van der Waals surface area contributed by atoms with Gasteiger partial charge in [0.1, 0.15) is 5.75 Å². The van der Waals surface area contributed by atoms with Crippen molar-refractivity contribution in [3.8, 4) is 28.0 Å². The number of benzene rings is 4. The average Bonchev–Trinajstić information content (AvgIpc) is 2.63. The summed E-state index contributed by atoms with van der Waals surface area (Å²) in [6, 6.07) is 27.0. The molecule has 0 radical (unpaired) electrons. The second-order valence-corrected chi connectivity index (χ2v) is 6.60. The van der Waals surface area contributed by atoms with Gasteiger partial charge in [0.2, 0.25) is 0 Å². The molecule has 0 amide bonds. The maximum atomic E-state index is 10.6. The molecular weight excluding hydrogens is 304 g/mol. The summed E-state index contributed by atoms with van der Waals surface area (Å²) >= 11 is 0. The first-order valence-corrected chi connectivity index (χ1v) is 8.52. The van der Waals surface area contributed by atoms with Gasteiger partial charge in [-0.3, -0.25) is 0 Å². The molecule has 0 aromatic heterocycles. The van der Waals surface area contributed by atoms with Crippen LogP contribution < -0.4 is 0 Å². The van der Waals surface area contributed by atoms with Crippen molar-refractivity contribution in [2.24, 2.45) is 0 Å². The van der Waals surface area contributed by atoms with Gasteiger partial charge in [0, 0.05) is 5.39 Å². The SMILES string of the molecule is Cc1ccc(-c2cc(O)c3ccccc3c2-c2ccc(C)cc2)cc1. The molecule has 0 spiro atoms. The van der Waals surface area contributed by atoms with Crippen molar-refractivity contribution in [1.29, 1.82) is 0 Å². The summed E-state index contributed by atoms with van der Waals surface area (Å²) in [7, 11) is 0. The Labute approximate surface area is 148 Å². The highest BCUT2D eigenvalue weighted by atomic mass is 16.3. The van der Waals surface area contributed by atoms with Crippen LogP contribution in [0.15, 0.2) is 78.9 Å². The van der Waals surface area contributed by atoms with E-state index in [1.807, 2.05) is 24.3 Å². The third kappa shape index (κ3) is 2.78. The zero-order chi connectivity index (χ0) is 17.4. The lowest BCUT2D eigenvalue weighted by Crippen LogP contribution is -1.89. The van der Waals surface area contributed by atoms with Gasteiger partial charge in [-0.25, -0.2) is 0 Å². The molecule has 0 fully saturated rings. The van der Waals surface area contributed by atoms with Crippen LogP contribution in [0.5, 0.6) is 5.75 Å². The molecule has 25 heavy (non-hydrogen) atoms. The van der Waals surface area contributed by atoms with E-state index in [0.717, 1.165) is 33.0 Å². The lowest BCUT2D eigenvalue weighted by atomic mass is 9.89. The molecule has 1 N–H and O–H groups in total. The minimum atomic E-state index is 0.321. The molecule has 0 heterocycles. The van der Waals surface area contributed by atoms with Crippen LogP contribution in [0.4, 0.5) is 0 Å². The predicted octanol–water partition coefficient (Wildman–Crippen LogP) is 6.50. The van der Waals surface area contributed by atoms with E-state index in [9.17, 15) is 5.11 Å². The Bertz CT molecular complexity index is 1040. The quantitative estimate of drug-likeness (QED) is 0.446. The molecule has 0 aliphatic carbocycles. The molecule has 4 rings (SSSR count). The van der Waals surface area contributed by atoms with Gasteiger partial charge >= 0.3 is 0 Å². The van der Waals surface area contributed by atoms with Crippen LogP contribution in [-0.2, 0) is 0 Å². The fraction of sp³-hybridized carbons (Fsp3) is 0.0833. The van der Waals surface area contributed by atoms with Crippen molar-refractivity contribution in [2.45, 2.75) is 13.8 Å². The van der Waals surface area contributed by atoms with Crippen molar-refractivity contribution >= 4 is 10.8 Å². The number of fused-ring (bicyclic) bond motifs is 1. The van der Waals surface area contributed by atoms with E-state index < -0.39 is 0 Å². The Kier molecular flexibility index (Phi) is 3.77. The first-order chi connectivity index (χ1) is 12.1. The number of hydrogen-bond acceptors (Lipinski definition) is 1. The molecule has 0 aliphatic rings. The number of hydrogen-bond donors (Lipinski definition) is 1. The van der Waals surface area contributed by atoms with Crippen molar-refractivity contribution in [3.63, 3.8) is 0 Å². The molecule has 1 heteroatoms. The Morgan fingerprint density at radius 3 is 1.72 bits per heavy atom. The van der Waals surface area contributed by atoms with Crippen LogP contribution in [0.2, 0.25) is 0 Å². The lowest BCUT2D eigenvalue weighted by molar-refractivity contribution is 0.482. The van der Waals surface area contributed by atoms with Crippen molar-refractivity contribution in [1.82, 2.24) is 0 Å². The summed E-state index contributed by atoms with van der Waals surface area (Å²) in [5.74, 6) is 0.321. The first kappa shape index (κ1) is 15.5. The first-order valence-electron chi connectivity index (χ1n) is 8.52. The van der Waals surface area contributed by atoms with E-state index in [1.165, 1.54) is 11.1 Å². The van der Waals surface area contributed by atoms with Crippen molar-refractivity contribution in [3.05, 3.63) is 90.0 Å². The average molecular weight is 324 g/mol. The lowest BCUT2D eigenvalue weighted by Gasteiger charge is -2.16. The van der Waals surface area contributed by atoms with E-state index in [0.29, 0.717) is 5.75 Å². The summed E-state index contributed by atoms with van der Waals surface area (Å²) in [5.41, 5.74) is 6.96. The van der Waals surface area contributed by atoms with Crippen molar-refractivity contribution < 1.29 is 5.11 Å². The molecular formula is C24H20O. The van der Waals surface area contributed by atoms with Gasteiger partial charge in [-0.05, 0) is 47.6 Å². The van der Waals surface area contributed by atoms with Gasteiger partial charge in [0.25, 0.3) is 0 Å². The monoisotopic (exact) mass is 324 g/mol. The number of aromatic hydroxyl groups is 1. The number of phenols is 1. The normalized spacial score (nSPS) is 11.0. The molecule has 122 valence electrons. The topological polar surface area (TPSA) is 20.2 Å². The minimum Gasteiger partial charge on any atom is -0.507 e. The van der Waals surface area contributed by atoms with Crippen LogP contribution in [-0.4, -0.2) is 5.11 Å². The molecule has 1 nitrogen and oxygen atoms in total. The molecule has 0 unspecified atom stereocenters. The molecule has 0 saturated carbocycles. The summed E-state index contributed by atoms with van der Waals surface area (Å²) in [6.07, 6.45) is 0. The summed E-state index contributed by atoms with van der Waals surface area (Å²) in [5, 5.41) is 12.5. The molecule has 4 aromatic carbocycles. The van der Waals surface area contributed by atoms with Gasteiger partial charge in [-0.2, -0.15) is 0 Å². The third-order valence-corrected chi connectivity index (χ3v) is 4.73. The molecule has 0 bridgehead atoms. The van der Waals surface area contributed by atoms with Crippen LogP contribution in [0.25, 0.3) is 33.0 Å². The van der Waals surface area contributed by atoms with E-state index >= 15 is 0 Å². The second-order valence-electron chi connectivity index (χ2n) is 6.60. The molecule has 0 atom stereocenters. The van der Waals surface area contributed by atoms with E-state index in [-0.39, 0.29) is 0 Å². The highest BCUT2D eigenvalue weighted by Crippen LogP contribution is 2.42. The molecule has 0 saturated heterocycles. The summed E-state index contributed by atoms with van der Waals surface area (Å²) in [4.78, 5) is 0. The Morgan fingerprint density at radius 2 is 1.12 bits per heavy atom. The van der Waals surface area contributed by atoms with E-state index in [1.54, 1.807) is 0 Å². The Hall–Kier alpha value is -3.06. The van der Waals surface area contributed by atoms with E-state index in [2.05, 4.69) is 68.4 Å². The van der Waals surface area contributed by atoms with Crippen LogP contribution >= 0.6 is 0 Å². The fourth-order valence-corrected chi connectivity index (χ4v) is 3.35. The predicted molar refractivity (Wildman–Crippen MR) is 106 cm³/mol. The van der Waals surface area contributed by atoms with Gasteiger partial charge in [-0.1, -0.05) is 83.9 Å². The standard InChI is InChI=1S/C24H20O/c1-16-7-11-18(12-8-16)22-15-23(25)20-5-3-4-6-21(20)24(22)19-13-9-17(2)10-14-19/h3-15,25H,1-2H3. The van der Waals surface area contributed by atoms with E-state index in [4.69, 9.17) is 0 Å². The van der Waals surface area contributed by atoms with Crippen LogP contribution in [0, 0.1) is 13.8 Å². The minimum absolute atomic E-state index is 0.321. The largest absolute Gasteiger partial charge is 0.507 e. The third-order valence-electron chi connectivity index (χ3n) is 4.73. The summed E-state index contributed by atoms with van der Waals surface area (Å²) in [6.45, 7) is 4.18. The number of rotatable bonds is 2. The smallest absolute Gasteiger partial charge is 0.124 e. The fourth-order valence-electron chi connectivity index (χ4n) is 3.35. The zero-order valence-corrected chi connectivity index (χ0v) is 14.5. The van der Waals surface area contributed by atoms with Crippen LogP contribution in [0.3, 0.4) is 0 Å². The zero-order valence-electron chi connectivity index (χ0n) is 14.5.